The third-order valence-electron chi connectivity index (χ3n) is 1.89. The summed E-state index contributed by atoms with van der Waals surface area (Å²) in [7, 11) is 0. The fourth-order valence-electron chi connectivity index (χ4n) is 1.03. The maximum absolute atomic E-state index is 12.0. The summed E-state index contributed by atoms with van der Waals surface area (Å²) >= 11 is 3.19. The topological polar surface area (TPSA) is 45.2 Å². The number of nitrogens with zero attached hydrogens (tertiary/aromatic N) is 1. The molecular weight excluding hydrogens is 289 g/mol. The highest BCUT2D eigenvalue weighted by molar-refractivity contribution is 9.10. The van der Waals surface area contributed by atoms with E-state index in [9.17, 15) is 13.2 Å². The molecule has 0 saturated carbocycles. The quantitative estimate of drug-likeness (QED) is 0.901. The highest BCUT2D eigenvalue weighted by Crippen LogP contribution is 2.21. The van der Waals surface area contributed by atoms with Crippen LogP contribution in [0.15, 0.2) is 16.7 Å². The molecule has 2 N–H and O–H groups in total. The number of alkyl halides is 3. The van der Waals surface area contributed by atoms with Gasteiger partial charge < -0.3 is 10.4 Å². The molecule has 0 amide bonds. The third kappa shape index (κ3) is 3.64. The molecule has 0 bridgehead atoms. The van der Waals surface area contributed by atoms with Gasteiger partial charge in [-0.25, -0.2) is 4.98 Å². The van der Waals surface area contributed by atoms with E-state index in [2.05, 4.69) is 26.2 Å². The van der Waals surface area contributed by atoms with Gasteiger partial charge in [-0.2, -0.15) is 13.2 Å². The van der Waals surface area contributed by atoms with E-state index >= 15 is 0 Å². The molecule has 90 valence electrons. The SMILES string of the molecule is Cc1cc(Br)cnc1NCC(O)C(F)(F)F. The van der Waals surface area contributed by atoms with E-state index in [1.165, 1.54) is 6.20 Å². The van der Waals surface area contributed by atoms with Crippen LogP contribution in [0.2, 0.25) is 0 Å². The van der Waals surface area contributed by atoms with Crippen LogP contribution < -0.4 is 5.32 Å². The Morgan fingerprint density at radius 3 is 2.69 bits per heavy atom. The van der Waals surface area contributed by atoms with Crippen molar-refractivity contribution in [2.75, 3.05) is 11.9 Å². The number of aliphatic hydroxyl groups is 1. The van der Waals surface area contributed by atoms with Gasteiger partial charge >= 0.3 is 6.18 Å². The van der Waals surface area contributed by atoms with Gasteiger partial charge in [-0.05, 0) is 34.5 Å². The van der Waals surface area contributed by atoms with Crippen LogP contribution in [0, 0.1) is 6.92 Å². The first-order valence-electron chi connectivity index (χ1n) is 4.41. The van der Waals surface area contributed by atoms with Gasteiger partial charge in [0.15, 0.2) is 6.10 Å². The third-order valence-corrected chi connectivity index (χ3v) is 2.32. The second-order valence-corrected chi connectivity index (χ2v) is 4.17. The van der Waals surface area contributed by atoms with Crippen molar-refractivity contribution < 1.29 is 18.3 Å². The number of halogens is 4. The number of aliphatic hydroxyl groups excluding tert-OH is 1. The zero-order chi connectivity index (χ0) is 12.3. The molecule has 0 aliphatic heterocycles. The van der Waals surface area contributed by atoms with Crippen LogP contribution in [0.4, 0.5) is 19.0 Å². The van der Waals surface area contributed by atoms with Crippen LogP contribution in [0.3, 0.4) is 0 Å². The van der Waals surface area contributed by atoms with E-state index in [1.54, 1.807) is 13.0 Å². The first-order chi connectivity index (χ1) is 7.30. The van der Waals surface area contributed by atoms with Crippen molar-refractivity contribution in [2.24, 2.45) is 0 Å². The maximum Gasteiger partial charge on any atom is 0.416 e. The Hall–Kier alpha value is -0.820. The van der Waals surface area contributed by atoms with Crippen LogP contribution in [-0.2, 0) is 0 Å². The van der Waals surface area contributed by atoms with Gasteiger partial charge in [0.1, 0.15) is 5.82 Å². The lowest BCUT2D eigenvalue weighted by molar-refractivity contribution is -0.198. The van der Waals surface area contributed by atoms with Gasteiger partial charge in [-0.15, -0.1) is 0 Å². The number of hydrogen-bond donors (Lipinski definition) is 2. The van der Waals surface area contributed by atoms with E-state index in [4.69, 9.17) is 5.11 Å². The minimum atomic E-state index is -4.61. The van der Waals surface area contributed by atoms with Gasteiger partial charge in [0.25, 0.3) is 0 Å². The molecule has 1 atom stereocenters. The van der Waals surface area contributed by atoms with Gasteiger partial charge in [0.05, 0.1) is 6.54 Å². The summed E-state index contributed by atoms with van der Waals surface area (Å²) in [6.07, 6.45) is -5.54. The standard InChI is InChI=1S/C9H10BrF3N2O/c1-5-2-6(10)3-14-8(5)15-4-7(16)9(11,12)13/h2-3,7,16H,4H2,1H3,(H,14,15). The Balaban J connectivity index is 2.62. The minimum absolute atomic E-state index is 0.325. The molecule has 0 fully saturated rings. The average molecular weight is 299 g/mol. The molecule has 0 radical (unpaired) electrons. The molecule has 1 rings (SSSR count). The first-order valence-corrected chi connectivity index (χ1v) is 5.21. The number of rotatable bonds is 3. The van der Waals surface area contributed by atoms with Crippen molar-refractivity contribution in [1.29, 1.82) is 0 Å². The number of pyridine rings is 1. The Labute approximate surface area is 98.8 Å². The highest BCUT2D eigenvalue weighted by Gasteiger charge is 2.37. The van der Waals surface area contributed by atoms with Gasteiger partial charge in [0, 0.05) is 10.7 Å². The zero-order valence-electron chi connectivity index (χ0n) is 8.35. The molecule has 16 heavy (non-hydrogen) atoms. The summed E-state index contributed by atoms with van der Waals surface area (Å²) in [5.74, 6) is 0.325. The fourth-order valence-corrected chi connectivity index (χ4v) is 1.48. The second-order valence-electron chi connectivity index (χ2n) is 3.26. The highest BCUT2D eigenvalue weighted by atomic mass is 79.9. The summed E-state index contributed by atoms with van der Waals surface area (Å²) < 4.78 is 36.7. The molecule has 1 aromatic rings. The molecule has 1 aromatic heterocycles. The molecule has 1 unspecified atom stereocenters. The average Bonchev–Trinajstić information content (AvgIpc) is 2.14. The van der Waals surface area contributed by atoms with Crippen molar-refractivity contribution in [3.8, 4) is 0 Å². The smallest absolute Gasteiger partial charge is 0.382 e. The molecule has 0 aliphatic rings. The van der Waals surface area contributed by atoms with Crippen molar-refractivity contribution >= 4 is 21.7 Å². The van der Waals surface area contributed by atoms with E-state index < -0.39 is 18.8 Å². The lowest BCUT2D eigenvalue weighted by Crippen LogP contribution is -2.35. The van der Waals surface area contributed by atoms with Crippen LogP contribution >= 0.6 is 15.9 Å². The summed E-state index contributed by atoms with van der Waals surface area (Å²) in [5.41, 5.74) is 0.698. The maximum atomic E-state index is 12.0. The summed E-state index contributed by atoms with van der Waals surface area (Å²) in [6, 6.07) is 1.72. The van der Waals surface area contributed by atoms with Gasteiger partial charge in [-0.3, -0.25) is 0 Å². The largest absolute Gasteiger partial charge is 0.416 e. The number of anilines is 1. The monoisotopic (exact) mass is 298 g/mol. The molecule has 1 heterocycles. The van der Waals surface area contributed by atoms with E-state index in [0.29, 0.717) is 11.4 Å². The Kier molecular flexibility index (Phi) is 4.15. The molecule has 0 aromatic carbocycles. The normalized spacial score (nSPS) is 13.6. The summed E-state index contributed by atoms with van der Waals surface area (Å²) in [6.45, 7) is 1.10. The molecule has 0 spiro atoms. The number of aryl methyl sites for hydroxylation is 1. The minimum Gasteiger partial charge on any atom is -0.382 e. The van der Waals surface area contributed by atoms with Crippen LogP contribution in [0.1, 0.15) is 5.56 Å². The van der Waals surface area contributed by atoms with Crippen molar-refractivity contribution in [3.05, 3.63) is 22.3 Å². The number of aromatic nitrogens is 1. The van der Waals surface area contributed by atoms with Crippen molar-refractivity contribution in [2.45, 2.75) is 19.2 Å². The predicted molar refractivity (Wildman–Crippen MR) is 57.2 cm³/mol. The van der Waals surface area contributed by atoms with Crippen LogP contribution in [0.25, 0.3) is 0 Å². The van der Waals surface area contributed by atoms with E-state index in [1.807, 2.05) is 0 Å². The summed E-state index contributed by atoms with van der Waals surface area (Å²) in [4.78, 5) is 3.90. The van der Waals surface area contributed by atoms with Crippen molar-refractivity contribution in [3.63, 3.8) is 0 Å². The lowest BCUT2D eigenvalue weighted by Gasteiger charge is -2.16. The summed E-state index contributed by atoms with van der Waals surface area (Å²) in [5, 5.41) is 11.2. The Bertz CT molecular complexity index is 370. The number of hydrogen-bond acceptors (Lipinski definition) is 3. The fraction of sp³-hybridized carbons (Fsp3) is 0.444. The first kappa shape index (κ1) is 13.2. The second kappa shape index (κ2) is 5.01. The molecular formula is C9H10BrF3N2O. The zero-order valence-corrected chi connectivity index (χ0v) is 9.93. The van der Waals surface area contributed by atoms with Crippen LogP contribution in [0.5, 0.6) is 0 Å². The van der Waals surface area contributed by atoms with Gasteiger partial charge in [0.2, 0.25) is 0 Å². The van der Waals surface area contributed by atoms with E-state index in [-0.39, 0.29) is 0 Å². The molecule has 0 saturated heterocycles. The molecule has 3 nitrogen and oxygen atoms in total. The Morgan fingerprint density at radius 2 is 2.19 bits per heavy atom. The Morgan fingerprint density at radius 1 is 1.56 bits per heavy atom. The van der Waals surface area contributed by atoms with Crippen molar-refractivity contribution in [1.82, 2.24) is 4.98 Å². The number of nitrogens with one attached hydrogen (secondary N) is 1. The molecule has 0 aliphatic carbocycles. The lowest BCUT2D eigenvalue weighted by atomic mass is 10.3. The molecule has 7 heteroatoms. The van der Waals surface area contributed by atoms with Crippen LogP contribution in [-0.4, -0.2) is 28.9 Å². The predicted octanol–water partition coefficient (Wildman–Crippen LogP) is 2.49. The van der Waals surface area contributed by atoms with Gasteiger partial charge in [-0.1, -0.05) is 0 Å². The van der Waals surface area contributed by atoms with E-state index in [0.717, 1.165) is 4.47 Å².